The number of aromatic nitrogens is 5. The molecule has 4 aromatic rings. The van der Waals surface area contributed by atoms with E-state index >= 15 is 0 Å². The number of carbonyl (C=O) groups excluding carboxylic acids is 1. The van der Waals surface area contributed by atoms with Gasteiger partial charge in [0.05, 0.1) is 18.5 Å². The third kappa shape index (κ3) is 4.41. The van der Waals surface area contributed by atoms with Crippen LogP contribution in [0.25, 0.3) is 16.9 Å². The highest BCUT2D eigenvalue weighted by Crippen LogP contribution is 2.31. The number of nitrogens with zero attached hydrogens (tertiary/aromatic N) is 5. The fourth-order valence-electron chi connectivity index (χ4n) is 4.76. The van der Waals surface area contributed by atoms with E-state index in [9.17, 15) is 9.59 Å². The summed E-state index contributed by atoms with van der Waals surface area (Å²) in [4.78, 5) is 39.4. The minimum Gasteiger partial charge on any atom is -0.347 e. The van der Waals surface area contributed by atoms with Crippen LogP contribution < -0.4 is 16.2 Å². The Morgan fingerprint density at radius 2 is 1.95 bits per heavy atom. The summed E-state index contributed by atoms with van der Waals surface area (Å²) < 4.78 is 3.28. The van der Waals surface area contributed by atoms with Gasteiger partial charge < -0.3 is 10.6 Å². The lowest BCUT2D eigenvalue weighted by Gasteiger charge is -2.33. The van der Waals surface area contributed by atoms with E-state index in [0.717, 1.165) is 22.5 Å². The fraction of sp³-hybridized carbons (Fsp3) is 0.321. The molecule has 37 heavy (non-hydrogen) atoms. The summed E-state index contributed by atoms with van der Waals surface area (Å²) >= 11 is 0. The van der Waals surface area contributed by atoms with E-state index in [0.29, 0.717) is 35.8 Å². The number of hydrogen-bond acceptors (Lipinski definition) is 6. The summed E-state index contributed by atoms with van der Waals surface area (Å²) in [7, 11) is 0. The van der Waals surface area contributed by atoms with Crippen molar-refractivity contribution in [3.63, 3.8) is 0 Å². The van der Waals surface area contributed by atoms with Crippen LogP contribution in [0.3, 0.4) is 0 Å². The fourth-order valence-corrected chi connectivity index (χ4v) is 4.76. The molecule has 5 rings (SSSR count). The summed E-state index contributed by atoms with van der Waals surface area (Å²) in [5, 5.41) is 6.65. The molecule has 0 aliphatic carbocycles. The molecular formula is C28H31N7O2. The van der Waals surface area contributed by atoms with Gasteiger partial charge in [-0.05, 0) is 49.2 Å². The predicted molar refractivity (Wildman–Crippen MR) is 144 cm³/mol. The van der Waals surface area contributed by atoms with Gasteiger partial charge >= 0.3 is 0 Å². The molecule has 0 fully saturated rings. The summed E-state index contributed by atoms with van der Waals surface area (Å²) in [6, 6.07) is 11.7. The molecular weight excluding hydrogens is 466 g/mol. The van der Waals surface area contributed by atoms with Crippen LogP contribution in [0.15, 0.2) is 60.0 Å². The van der Waals surface area contributed by atoms with E-state index in [4.69, 9.17) is 9.97 Å². The van der Waals surface area contributed by atoms with Gasteiger partial charge in [0, 0.05) is 23.0 Å². The molecule has 0 spiro atoms. The molecule has 9 heteroatoms. The molecule has 9 nitrogen and oxygen atoms in total. The standard InChI is InChI=1S/C28H31N7O2/c1-7-13-34-25(37)19-16-29-26(30-18-11-12-20-17(14-18)15-23(36)33-28(20,5)6)32-24(19)35(34)22-10-8-9-21(31-22)27(2,3)4/h7-12,14,16H,1,13,15H2,2-6H3,(H,33,36)(H,29,30,32). The van der Waals surface area contributed by atoms with Gasteiger partial charge in [-0.15, -0.1) is 6.58 Å². The van der Waals surface area contributed by atoms with E-state index in [1.807, 2.05) is 50.2 Å². The van der Waals surface area contributed by atoms with Crippen LogP contribution in [0, 0.1) is 0 Å². The molecule has 1 amide bonds. The number of allylic oxidation sites excluding steroid dienone is 1. The molecule has 1 aliphatic rings. The Kier molecular flexibility index (Phi) is 5.73. The van der Waals surface area contributed by atoms with Gasteiger partial charge in [-0.25, -0.2) is 19.3 Å². The Morgan fingerprint density at radius 3 is 2.68 bits per heavy atom. The minimum atomic E-state index is -0.433. The molecule has 0 unspecified atom stereocenters. The number of nitrogens with one attached hydrogen (secondary N) is 2. The number of hydrogen-bond donors (Lipinski definition) is 2. The van der Waals surface area contributed by atoms with E-state index < -0.39 is 5.54 Å². The number of amides is 1. The van der Waals surface area contributed by atoms with Crippen LogP contribution in [-0.2, 0) is 28.7 Å². The zero-order valence-electron chi connectivity index (χ0n) is 21.8. The smallest absolute Gasteiger partial charge is 0.278 e. The van der Waals surface area contributed by atoms with Gasteiger partial charge in [-0.3, -0.25) is 9.59 Å². The van der Waals surface area contributed by atoms with Crippen molar-refractivity contribution in [2.75, 3.05) is 5.32 Å². The number of pyridine rings is 1. The molecule has 0 bridgehead atoms. The Bertz CT molecular complexity index is 1610. The summed E-state index contributed by atoms with van der Waals surface area (Å²) in [6.07, 6.45) is 3.52. The van der Waals surface area contributed by atoms with Crippen LogP contribution in [-0.4, -0.2) is 30.2 Å². The van der Waals surface area contributed by atoms with Crippen LogP contribution in [0.4, 0.5) is 11.6 Å². The van der Waals surface area contributed by atoms with Crippen LogP contribution in [0.1, 0.15) is 51.4 Å². The second kappa shape index (κ2) is 8.69. The van der Waals surface area contributed by atoms with Crippen molar-refractivity contribution >= 4 is 28.6 Å². The topological polar surface area (TPSA) is 107 Å². The van der Waals surface area contributed by atoms with Crippen LogP contribution >= 0.6 is 0 Å². The molecule has 0 atom stereocenters. The first kappa shape index (κ1) is 24.4. The van der Waals surface area contributed by atoms with Gasteiger partial charge in [0.15, 0.2) is 11.5 Å². The molecule has 0 saturated carbocycles. The van der Waals surface area contributed by atoms with E-state index in [2.05, 4.69) is 43.0 Å². The number of benzene rings is 1. The number of rotatable bonds is 5. The highest BCUT2D eigenvalue weighted by molar-refractivity contribution is 5.83. The minimum absolute atomic E-state index is 0.00937. The van der Waals surface area contributed by atoms with E-state index in [-0.39, 0.29) is 16.9 Å². The zero-order chi connectivity index (χ0) is 26.5. The maximum absolute atomic E-state index is 13.2. The lowest BCUT2D eigenvalue weighted by Crippen LogP contribution is -2.46. The maximum Gasteiger partial charge on any atom is 0.278 e. The monoisotopic (exact) mass is 497 g/mol. The Balaban J connectivity index is 1.60. The second-order valence-electron chi connectivity index (χ2n) is 10.9. The summed E-state index contributed by atoms with van der Waals surface area (Å²) in [5.41, 5.74) is 3.33. The Hall–Kier alpha value is -4.27. The largest absolute Gasteiger partial charge is 0.347 e. The molecule has 3 aromatic heterocycles. The highest BCUT2D eigenvalue weighted by Gasteiger charge is 2.31. The Morgan fingerprint density at radius 1 is 1.16 bits per heavy atom. The first-order valence-electron chi connectivity index (χ1n) is 12.3. The van der Waals surface area contributed by atoms with Gasteiger partial charge in [0.2, 0.25) is 11.9 Å². The molecule has 1 aromatic carbocycles. The van der Waals surface area contributed by atoms with Crippen molar-refractivity contribution in [2.45, 2.75) is 58.5 Å². The van der Waals surface area contributed by atoms with Crippen LogP contribution in [0.5, 0.6) is 0 Å². The third-order valence-electron chi connectivity index (χ3n) is 6.54. The van der Waals surface area contributed by atoms with Gasteiger partial charge in [0.1, 0.15) is 5.39 Å². The number of fused-ring (bicyclic) bond motifs is 2. The zero-order valence-corrected chi connectivity index (χ0v) is 21.8. The Labute approximate surface area is 215 Å². The second-order valence-corrected chi connectivity index (χ2v) is 10.9. The maximum atomic E-state index is 13.2. The molecule has 4 heterocycles. The van der Waals surface area contributed by atoms with E-state index in [1.165, 1.54) is 6.20 Å². The SMILES string of the molecule is C=CCn1c(=O)c2cnc(Nc3ccc4c(c3)CC(=O)NC4(C)C)nc2n1-c1cccc(C(C)(C)C)n1. The van der Waals surface area contributed by atoms with Gasteiger partial charge in [-0.2, -0.15) is 4.98 Å². The normalized spacial score (nSPS) is 14.8. The first-order chi connectivity index (χ1) is 17.5. The lowest BCUT2D eigenvalue weighted by atomic mass is 9.85. The quantitative estimate of drug-likeness (QED) is 0.402. The van der Waals surface area contributed by atoms with Crippen molar-refractivity contribution < 1.29 is 4.79 Å². The molecule has 0 saturated heterocycles. The third-order valence-corrected chi connectivity index (χ3v) is 6.54. The van der Waals surface area contributed by atoms with Gasteiger partial charge in [0.25, 0.3) is 5.56 Å². The molecule has 2 N–H and O–H groups in total. The van der Waals surface area contributed by atoms with E-state index in [1.54, 1.807) is 15.4 Å². The summed E-state index contributed by atoms with van der Waals surface area (Å²) in [5.74, 6) is 0.918. The molecule has 0 radical (unpaired) electrons. The molecule has 1 aliphatic heterocycles. The average molecular weight is 498 g/mol. The summed E-state index contributed by atoms with van der Waals surface area (Å²) in [6.45, 7) is 14.4. The average Bonchev–Trinajstić information content (AvgIpc) is 3.09. The van der Waals surface area contributed by atoms with Crippen molar-refractivity contribution in [1.82, 2.24) is 29.6 Å². The highest BCUT2D eigenvalue weighted by atomic mass is 16.2. The number of anilines is 2. The van der Waals surface area contributed by atoms with Crippen molar-refractivity contribution in [3.8, 4) is 5.82 Å². The first-order valence-corrected chi connectivity index (χ1v) is 12.3. The molecule has 190 valence electrons. The van der Waals surface area contributed by atoms with Crippen molar-refractivity contribution in [1.29, 1.82) is 0 Å². The van der Waals surface area contributed by atoms with Crippen LogP contribution in [0.2, 0.25) is 0 Å². The van der Waals surface area contributed by atoms with Gasteiger partial charge in [-0.1, -0.05) is 39.0 Å². The predicted octanol–water partition coefficient (Wildman–Crippen LogP) is 4.11. The van der Waals surface area contributed by atoms with Crippen molar-refractivity contribution in [2.24, 2.45) is 0 Å². The van der Waals surface area contributed by atoms with Crippen molar-refractivity contribution in [3.05, 3.63) is 82.4 Å². The number of carbonyl (C=O) groups is 1. The lowest BCUT2D eigenvalue weighted by molar-refractivity contribution is -0.122.